The van der Waals surface area contributed by atoms with Gasteiger partial charge in [0.1, 0.15) is 5.58 Å². The van der Waals surface area contributed by atoms with Gasteiger partial charge in [0.05, 0.1) is 0 Å². The smallest absolute Gasteiger partial charge is 0.379 e. The van der Waals surface area contributed by atoms with Crippen LogP contribution in [0.15, 0.2) is 51.1 Å². The van der Waals surface area contributed by atoms with Crippen LogP contribution in [-0.2, 0) is 0 Å². The van der Waals surface area contributed by atoms with Gasteiger partial charge in [-0.3, -0.25) is 0 Å². The molecule has 0 aliphatic rings. The van der Waals surface area contributed by atoms with Gasteiger partial charge < -0.3 is 9.15 Å². The van der Waals surface area contributed by atoms with Gasteiger partial charge >= 0.3 is 5.63 Å². The second-order valence-electron chi connectivity index (χ2n) is 3.34. The van der Waals surface area contributed by atoms with E-state index in [9.17, 15) is 4.79 Å². The summed E-state index contributed by atoms with van der Waals surface area (Å²) in [5.74, 6) is 0.152. The van der Waals surface area contributed by atoms with Crippen LogP contribution < -0.4 is 10.4 Å². The van der Waals surface area contributed by atoms with Gasteiger partial charge in [-0.25, -0.2) is 9.78 Å². The molecule has 0 unspecified atom stereocenters. The van der Waals surface area contributed by atoms with Gasteiger partial charge in [-0.15, -0.1) is 0 Å². The zero-order valence-corrected chi connectivity index (χ0v) is 9.44. The van der Waals surface area contributed by atoms with Crippen molar-refractivity contribution < 1.29 is 9.15 Å². The Labute approximate surface area is 100 Å². The predicted molar refractivity (Wildman–Crippen MR) is 64.7 cm³/mol. The highest BCUT2D eigenvalue weighted by atomic mass is 32.1. The van der Waals surface area contributed by atoms with Crippen LogP contribution in [0, 0.1) is 0 Å². The summed E-state index contributed by atoms with van der Waals surface area (Å²) in [6, 6.07) is 8.93. The lowest BCUT2D eigenvalue weighted by Gasteiger charge is -2.01. The van der Waals surface area contributed by atoms with E-state index in [1.54, 1.807) is 23.7 Å². The van der Waals surface area contributed by atoms with Crippen molar-refractivity contribution in [1.82, 2.24) is 4.98 Å². The number of nitrogens with zero attached hydrogens (tertiary/aromatic N) is 1. The molecule has 5 heteroatoms. The van der Waals surface area contributed by atoms with Crippen molar-refractivity contribution in [3.8, 4) is 10.9 Å². The van der Waals surface area contributed by atoms with Crippen LogP contribution in [-0.4, -0.2) is 4.98 Å². The van der Waals surface area contributed by atoms with E-state index in [0.717, 1.165) is 5.39 Å². The molecular weight excluding hydrogens is 238 g/mol. The van der Waals surface area contributed by atoms with Crippen LogP contribution in [0.2, 0.25) is 0 Å². The minimum absolute atomic E-state index is 0.152. The Morgan fingerprint density at radius 3 is 3.00 bits per heavy atom. The molecule has 0 fully saturated rings. The maximum Gasteiger partial charge on any atom is 0.379 e. The van der Waals surface area contributed by atoms with E-state index >= 15 is 0 Å². The Morgan fingerprint density at radius 1 is 1.29 bits per heavy atom. The van der Waals surface area contributed by atoms with Crippen LogP contribution in [0.25, 0.3) is 11.0 Å². The molecule has 3 aromatic rings. The van der Waals surface area contributed by atoms with Gasteiger partial charge in [-0.05, 0) is 12.1 Å². The van der Waals surface area contributed by atoms with E-state index in [2.05, 4.69) is 4.98 Å². The third-order valence-electron chi connectivity index (χ3n) is 2.22. The maximum atomic E-state index is 11.6. The van der Waals surface area contributed by atoms with Crippen molar-refractivity contribution in [2.75, 3.05) is 0 Å². The molecule has 0 N–H and O–H groups in total. The number of para-hydroxylation sites is 1. The van der Waals surface area contributed by atoms with Crippen LogP contribution in [0.3, 0.4) is 0 Å². The highest BCUT2D eigenvalue weighted by Gasteiger charge is 2.08. The first-order valence-corrected chi connectivity index (χ1v) is 5.81. The topological polar surface area (TPSA) is 52.3 Å². The van der Waals surface area contributed by atoms with Gasteiger partial charge in [-0.2, -0.15) is 0 Å². The van der Waals surface area contributed by atoms with E-state index < -0.39 is 5.63 Å². The van der Waals surface area contributed by atoms with Gasteiger partial charge in [0.2, 0.25) is 5.75 Å². The Bertz CT molecular complexity index is 703. The van der Waals surface area contributed by atoms with E-state index in [-0.39, 0.29) is 5.75 Å². The number of hydrogen-bond donors (Lipinski definition) is 0. The zero-order valence-electron chi connectivity index (χ0n) is 8.62. The molecule has 4 nitrogen and oxygen atoms in total. The van der Waals surface area contributed by atoms with Crippen molar-refractivity contribution in [3.05, 3.63) is 52.3 Å². The first-order valence-electron chi connectivity index (χ1n) is 4.93. The van der Waals surface area contributed by atoms with Crippen LogP contribution >= 0.6 is 11.3 Å². The lowest BCUT2D eigenvalue weighted by atomic mass is 10.2. The largest absolute Gasteiger partial charge is 0.423 e. The summed E-state index contributed by atoms with van der Waals surface area (Å²) in [4.78, 5) is 15.6. The fourth-order valence-corrected chi connectivity index (χ4v) is 1.97. The second kappa shape index (κ2) is 4.03. The van der Waals surface area contributed by atoms with Crippen molar-refractivity contribution in [1.29, 1.82) is 0 Å². The summed E-state index contributed by atoms with van der Waals surface area (Å²) in [6.45, 7) is 0. The van der Waals surface area contributed by atoms with E-state index in [4.69, 9.17) is 9.15 Å². The first-order chi connectivity index (χ1) is 8.33. The normalized spacial score (nSPS) is 10.6. The number of rotatable bonds is 2. The molecule has 0 aliphatic heterocycles. The van der Waals surface area contributed by atoms with E-state index in [1.807, 2.05) is 18.2 Å². The van der Waals surface area contributed by atoms with Gasteiger partial charge in [-0.1, -0.05) is 29.5 Å². The Balaban J connectivity index is 2.10. The fourth-order valence-electron chi connectivity index (χ4n) is 1.47. The number of benzene rings is 1. The third-order valence-corrected chi connectivity index (χ3v) is 2.86. The number of thiazole rings is 1. The predicted octanol–water partition coefficient (Wildman–Crippen LogP) is 3.04. The van der Waals surface area contributed by atoms with Crippen LogP contribution in [0.5, 0.6) is 10.9 Å². The van der Waals surface area contributed by atoms with Crippen molar-refractivity contribution >= 4 is 22.3 Å². The molecule has 0 aliphatic carbocycles. The maximum absolute atomic E-state index is 11.6. The molecule has 17 heavy (non-hydrogen) atoms. The second-order valence-corrected chi connectivity index (χ2v) is 4.19. The van der Waals surface area contributed by atoms with Crippen LogP contribution in [0.4, 0.5) is 0 Å². The molecule has 84 valence electrons. The molecule has 0 saturated heterocycles. The van der Waals surface area contributed by atoms with Crippen LogP contribution in [0.1, 0.15) is 0 Å². The molecule has 0 saturated carbocycles. The zero-order chi connectivity index (χ0) is 11.7. The first kappa shape index (κ1) is 10.0. The molecule has 0 radical (unpaired) electrons. The number of ether oxygens (including phenoxy) is 1. The highest BCUT2D eigenvalue weighted by Crippen LogP contribution is 2.23. The average molecular weight is 245 g/mol. The minimum Gasteiger partial charge on any atom is -0.423 e. The number of fused-ring (bicyclic) bond motifs is 1. The molecule has 0 bridgehead atoms. The lowest BCUT2D eigenvalue weighted by Crippen LogP contribution is -2.02. The van der Waals surface area contributed by atoms with Crippen molar-refractivity contribution in [2.24, 2.45) is 0 Å². The summed E-state index contributed by atoms with van der Waals surface area (Å²) in [5, 5.41) is 3.02. The lowest BCUT2D eigenvalue weighted by molar-refractivity contribution is 0.435. The monoisotopic (exact) mass is 245 g/mol. The average Bonchev–Trinajstić information content (AvgIpc) is 2.83. The standard InChI is InChI=1S/C12H7NO3S/c14-11-10(16-12-13-5-6-17-12)7-8-3-1-2-4-9(8)15-11/h1-7H. The molecule has 2 aromatic heterocycles. The molecule has 0 amide bonds. The van der Waals surface area contributed by atoms with Gasteiger partial charge in [0.25, 0.3) is 5.19 Å². The van der Waals surface area contributed by atoms with E-state index in [0.29, 0.717) is 10.8 Å². The van der Waals surface area contributed by atoms with Crippen molar-refractivity contribution in [3.63, 3.8) is 0 Å². The summed E-state index contributed by atoms with van der Waals surface area (Å²) in [7, 11) is 0. The Kier molecular flexibility index (Phi) is 2.38. The summed E-state index contributed by atoms with van der Waals surface area (Å²) in [5.41, 5.74) is 0.0443. The molecular formula is C12H7NO3S. The Morgan fingerprint density at radius 2 is 2.18 bits per heavy atom. The molecule has 3 rings (SSSR count). The summed E-state index contributed by atoms with van der Waals surface area (Å²) in [6.07, 6.45) is 1.61. The summed E-state index contributed by atoms with van der Waals surface area (Å²) < 4.78 is 10.5. The van der Waals surface area contributed by atoms with Gasteiger partial charge in [0.15, 0.2) is 0 Å². The third kappa shape index (κ3) is 1.92. The molecule has 1 aromatic carbocycles. The number of aromatic nitrogens is 1. The molecule has 2 heterocycles. The van der Waals surface area contributed by atoms with E-state index in [1.165, 1.54) is 11.3 Å². The highest BCUT2D eigenvalue weighted by molar-refractivity contribution is 7.11. The molecule has 0 atom stereocenters. The fraction of sp³-hybridized carbons (Fsp3) is 0. The summed E-state index contributed by atoms with van der Waals surface area (Å²) >= 11 is 1.32. The molecule has 0 spiro atoms. The Hall–Kier alpha value is -2.14. The number of hydrogen-bond acceptors (Lipinski definition) is 5. The minimum atomic E-state index is -0.501. The van der Waals surface area contributed by atoms with Crippen molar-refractivity contribution in [2.45, 2.75) is 0 Å². The quantitative estimate of drug-likeness (QED) is 0.651. The SMILES string of the molecule is O=c1oc2ccccc2cc1Oc1nccs1. The van der Waals surface area contributed by atoms with Gasteiger partial charge in [0, 0.05) is 17.0 Å².